The van der Waals surface area contributed by atoms with E-state index in [1.54, 1.807) is 25.1 Å². The van der Waals surface area contributed by atoms with E-state index >= 15 is 0 Å². The Labute approximate surface area is 200 Å². The topological polar surface area (TPSA) is 59.0 Å². The van der Waals surface area contributed by atoms with Gasteiger partial charge >= 0.3 is 6.18 Å². The number of aryl methyl sites for hydroxylation is 1. The number of hydrogen-bond donors (Lipinski definition) is 2. The minimum absolute atomic E-state index is 0. The Hall–Kier alpha value is -2.71. The van der Waals surface area contributed by atoms with Crippen LogP contribution in [0.15, 0.2) is 48.5 Å². The Bertz CT molecular complexity index is 1150. The molecule has 1 aromatic heterocycles. The van der Waals surface area contributed by atoms with Crippen LogP contribution in [0.1, 0.15) is 41.8 Å². The molecule has 176 valence electrons. The van der Waals surface area contributed by atoms with Crippen LogP contribution < -0.4 is 10.6 Å². The van der Waals surface area contributed by atoms with Gasteiger partial charge in [0.15, 0.2) is 5.69 Å². The normalized spacial score (nSPS) is 14.0. The molecule has 1 amide bonds. The smallest absolute Gasteiger partial charge is 0.385 e. The van der Waals surface area contributed by atoms with E-state index in [1.807, 2.05) is 18.2 Å². The Morgan fingerprint density at radius 2 is 2.03 bits per heavy atom. The lowest BCUT2D eigenvalue weighted by Crippen LogP contribution is -2.28. The summed E-state index contributed by atoms with van der Waals surface area (Å²) in [4.78, 5) is 12.8. The van der Waals surface area contributed by atoms with Gasteiger partial charge in [0.05, 0.1) is 23.8 Å². The van der Waals surface area contributed by atoms with Crippen LogP contribution in [0.25, 0.3) is 5.69 Å². The van der Waals surface area contributed by atoms with Gasteiger partial charge in [0.25, 0.3) is 0 Å². The molecule has 2 aromatic carbocycles. The zero-order valence-electron chi connectivity index (χ0n) is 17.7. The number of anilines is 1. The highest BCUT2D eigenvalue weighted by Crippen LogP contribution is 2.30. The number of hydrogen-bond acceptors (Lipinski definition) is 3. The summed E-state index contributed by atoms with van der Waals surface area (Å²) in [6, 6.07) is 13.2. The summed E-state index contributed by atoms with van der Waals surface area (Å²) in [6.07, 6.45) is -2.62. The largest absolute Gasteiger partial charge is 0.435 e. The fourth-order valence-corrected chi connectivity index (χ4v) is 3.95. The SMILES string of the molecule is CC(C(=O)NCc1cc(C(F)(F)F)nn1-c1cccc(Cl)c1)c1ccc2c(c1)CCCN2.Cl. The molecule has 5 nitrogen and oxygen atoms in total. The molecule has 0 aliphatic carbocycles. The van der Waals surface area contributed by atoms with Crippen LogP contribution in [-0.2, 0) is 23.9 Å². The van der Waals surface area contributed by atoms with Gasteiger partial charge in [-0.05, 0) is 61.2 Å². The molecule has 1 atom stereocenters. The number of nitrogens with one attached hydrogen (secondary N) is 2. The lowest BCUT2D eigenvalue weighted by Gasteiger charge is -2.20. The van der Waals surface area contributed by atoms with Crippen molar-refractivity contribution in [3.63, 3.8) is 0 Å². The molecule has 4 rings (SSSR count). The van der Waals surface area contributed by atoms with Crippen LogP contribution in [-0.4, -0.2) is 22.2 Å². The molecule has 0 saturated carbocycles. The third-order valence-electron chi connectivity index (χ3n) is 5.53. The van der Waals surface area contributed by atoms with E-state index in [4.69, 9.17) is 11.6 Å². The van der Waals surface area contributed by atoms with Crippen LogP contribution >= 0.6 is 24.0 Å². The number of carbonyl (C=O) groups is 1. The molecule has 2 N–H and O–H groups in total. The summed E-state index contributed by atoms with van der Waals surface area (Å²) < 4.78 is 41.0. The Morgan fingerprint density at radius 3 is 2.76 bits per heavy atom. The fourth-order valence-electron chi connectivity index (χ4n) is 3.76. The van der Waals surface area contributed by atoms with Crippen molar-refractivity contribution in [1.29, 1.82) is 0 Å². The first kappa shape index (κ1) is 24.9. The average molecular weight is 499 g/mol. The molecule has 2 heterocycles. The second kappa shape index (κ2) is 10.1. The van der Waals surface area contributed by atoms with Crippen LogP contribution in [0.3, 0.4) is 0 Å². The maximum Gasteiger partial charge on any atom is 0.435 e. The predicted molar refractivity (Wildman–Crippen MR) is 124 cm³/mol. The van der Waals surface area contributed by atoms with Gasteiger partial charge in [-0.3, -0.25) is 4.79 Å². The standard InChI is InChI=1S/C23H22ClF3N4O.ClH/c1-14(15-7-8-20-16(10-15)4-3-9-28-20)22(32)29-13-19-12-21(23(25,26)27)30-31(19)18-6-2-5-17(24)11-18;/h2,5-8,10-12,14,28H,3-4,9,13H2,1H3,(H,29,32);1H. The third kappa shape index (κ3) is 5.62. The molecule has 10 heteroatoms. The van der Waals surface area contributed by atoms with Crippen molar-refractivity contribution in [1.82, 2.24) is 15.1 Å². The Kier molecular flexibility index (Phi) is 7.59. The number of carbonyl (C=O) groups excluding carboxylic acids is 1. The summed E-state index contributed by atoms with van der Waals surface area (Å²) >= 11 is 5.99. The maximum atomic E-state index is 13.3. The molecular formula is C23H23Cl2F3N4O. The van der Waals surface area contributed by atoms with Crippen molar-refractivity contribution in [2.45, 2.75) is 38.4 Å². The summed E-state index contributed by atoms with van der Waals surface area (Å²) in [7, 11) is 0. The van der Waals surface area contributed by atoms with E-state index in [1.165, 1.54) is 11.6 Å². The highest BCUT2D eigenvalue weighted by atomic mass is 35.5. The van der Waals surface area contributed by atoms with Gasteiger partial charge in [-0.25, -0.2) is 4.68 Å². The lowest BCUT2D eigenvalue weighted by molar-refractivity contribution is -0.141. The molecule has 0 bridgehead atoms. The van der Waals surface area contributed by atoms with Gasteiger partial charge < -0.3 is 10.6 Å². The van der Waals surface area contributed by atoms with Crippen molar-refractivity contribution in [2.75, 3.05) is 11.9 Å². The first-order chi connectivity index (χ1) is 15.2. The lowest BCUT2D eigenvalue weighted by atomic mass is 9.94. The Balaban J connectivity index is 0.00000306. The molecule has 0 spiro atoms. The number of halogens is 5. The van der Waals surface area contributed by atoms with E-state index in [-0.39, 0.29) is 30.6 Å². The monoisotopic (exact) mass is 498 g/mol. The molecule has 33 heavy (non-hydrogen) atoms. The predicted octanol–water partition coefficient (Wildman–Crippen LogP) is 5.74. The Morgan fingerprint density at radius 1 is 1.24 bits per heavy atom. The third-order valence-corrected chi connectivity index (χ3v) is 5.77. The first-order valence-corrected chi connectivity index (χ1v) is 10.7. The number of amides is 1. The van der Waals surface area contributed by atoms with Crippen LogP contribution in [0.2, 0.25) is 5.02 Å². The average Bonchev–Trinajstić information content (AvgIpc) is 3.21. The van der Waals surface area contributed by atoms with Crippen molar-refractivity contribution >= 4 is 35.6 Å². The van der Waals surface area contributed by atoms with E-state index in [9.17, 15) is 18.0 Å². The molecule has 0 fully saturated rings. The number of rotatable bonds is 5. The van der Waals surface area contributed by atoms with E-state index in [0.717, 1.165) is 41.4 Å². The van der Waals surface area contributed by atoms with Gasteiger partial charge in [0.2, 0.25) is 5.91 Å². The van der Waals surface area contributed by atoms with Crippen molar-refractivity contribution in [3.05, 3.63) is 76.1 Å². The van der Waals surface area contributed by atoms with Crippen molar-refractivity contribution in [3.8, 4) is 5.69 Å². The van der Waals surface area contributed by atoms with Crippen LogP contribution in [0.5, 0.6) is 0 Å². The number of nitrogens with zero attached hydrogens (tertiary/aromatic N) is 2. The van der Waals surface area contributed by atoms with E-state index in [0.29, 0.717) is 10.7 Å². The minimum Gasteiger partial charge on any atom is -0.385 e. The van der Waals surface area contributed by atoms with Crippen molar-refractivity contribution in [2.24, 2.45) is 0 Å². The van der Waals surface area contributed by atoms with Gasteiger partial charge in [0, 0.05) is 17.3 Å². The second-order valence-corrected chi connectivity index (χ2v) is 8.23. The zero-order valence-corrected chi connectivity index (χ0v) is 19.3. The summed E-state index contributed by atoms with van der Waals surface area (Å²) in [5.74, 6) is -0.729. The van der Waals surface area contributed by atoms with E-state index in [2.05, 4.69) is 15.7 Å². The summed E-state index contributed by atoms with van der Waals surface area (Å²) in [6.45, 7) is 2.61. The summed E-state index contributed by atoms with van der Waals surface area (Å²) in [5.41, 5.74) is 2.67. The van der Waals surface area contributed by atoms with Gasteiger partial charge in [-0.2, -0.15) is 18.3 Å². The van der Waals surface area contributed by atoms with Crippen molar-refractivity contribution < 1.29 is 18.0 Å². The van der Waals surface area contributed by atoms with Gasteiger partial charge in [-0.15, -0.1) is 12.4 Å². The maximum absolute atomic E-state index is 13.3. The highest BCUT2D eigenvalue weighted by Gasteiger charge is 2.35. The zero-order chi connectivity index (χ0) is 22.9. The van der Waals surface area contributed by atoms with Crippen LogP contribution in [0.4, 0.5) is 18.9 Å². The van der Waals surface area contributed by atoms with Crippen LogP contribution in [0, 0.1) is 0 Å². The van der Waals surface area contributed by atoms with Gasteiger partial charge in [0.1, 0.15) is 0 Å². The molecule has 1 unspecified atom stereocenters. The minimum atomic E-state index is -4.60. The number of benzene rings is 2. The molecule has 0 radical (unpaired) electrons. The second-order valence-electron chi connectivity index (χ2n) is 7.80. The molecule has 1 aliphatic rings. The number of alkyl halides is 3. The molecule has 3 aromatic rings. The number of fused-ring (bicyclic) bond motifs is 1. The van der Waals surface area contributed by atoms with Gasteiger partial charge in [-0.1, -0.05) is 29.8 Å². The molecular weight excluding hydrogens is 476 g/mol. The summed E-state index contributed by atoms with van der Waals surface area (Å²) in [5, 5.41) is 10.2. The quantitative estimate of drug-likeness (QED) is 0.471. The fraction of sp³-hybridized carbons (Fsp3) is 0.304. The molecule has 1 aliphatic heterocycles. The molecule has 0 saturated heterocycles. The first-order valence-electron chi connectivity index (χ1n) is 10.3. The van der Waals surface area contributed by atoms with E-state index < -0.39 is 17.8 Å². The number of aromatic nitrogens is 2. The highest BCUT2D eigenvalue weighted by molar-refractivity contribution is 6.30.